The Kier molecular flexibility index (Phi) is 6.29. The molecule has 2 N–H and O–H groups in total. The van der Waals surface area contributed by atoms with Gasteiger partial charge < -0.3 is 10.1 Å². The first-order valence-corrected chi connectivity index (χ1v) is 11.8. The molecule has 184 valence electrons. The maximum atomic E-state index is 12.9. The van der Waals surface area contributed by atoms with Gasteiger partial charge in [0, 0.05) is 35.2 Å². The third kappa shape index (κ3) is 5.47. The van der Waals surface area contributed by atoms with Crippen molar-refractivity contribution in [3.8, 4) is 0 Å². The fourth-order valence-electron chi connectivity index (χ4n) is 5.21. The Morgan fingerprint density at radius 1 is 1.00 bits per heavy atom. The molecule has 5 rings (SSSR count). The third-order valence-electron chi connectivity index (χ3n) is 7.21. The van der Waals surface area contributed by atoms with Gasteiger partial charge in [0.2, 0.25) is 0 Å². The van der Waals surface area contributed by atoms with Crippen LogP contribution >= 0.6 is 0 Å². The zero-order valence-corrected chi connectivity index (χ0v) is 19.9. The highest BCUT2D eigenvalue weighted by Crippen LogP contribution is 2.57. The van der Waals surface area contributed by atoms with Crippen LogP contribution in [0.4, 0.5) is 29.3 Å². The molecule has 3 aliphatic carbocycles. The summed E-state index contributed by atoms with van der Waals surface area (Å²) in [6.07, 6.45) is 1.98. The van der Waals surface area contributed by atoms with Gasteiger partial charge in [-0.15, -0.1) is 0 Å². The smallest absolute Gasteiger partial charge is 0.417 e. The molecule has 0 spiro atoms. The lowest BCUT2D eigenvalue weighted by atomic mass is 9.52. The summed E-state index contributed by atoms with van der Waals surface area (Å²) in [5.41, 5.74) is 1.19. The van der Waals surface area contributed by atoms with Gasteiger partial charge in [-0.3, -0.25) is 10.3 Å². The fourth-order valence-corrected chi connectivity index (χ4v) is 5.21. The number of nitrogens with one attached hydrogen (secondary N) is 2. The first kappa shape index (κ1) is 24.4. The minimum Gasteiger partial charge on any atom is -0.444 e. The molecule has 5 nitrogen and oxygen atoms in total. The number of pyridine rings is 1. The largest absolute Gasteiger partial charge is 0.444 e. The van der Waals surface area contributed by atoms with Gasteiger partial charge in [0.25, 0.3) is 0 Å². The quantitative estimate of drug-likeness (QED) is 0.482. The Balaban J connectivity index is 1.35. The Bertz CT molecular complexity index is 1000. The number of hydrogen-bond donors (Lipinski definition) is 2. The molecule has 8 heteroatoms. The van der Waals surface area contributed by atoms with Crippen LogP contribution in [0.1, 0.15) is 70.6 Å². The molecule has 0 saturated heterocycles. The number of amides is 1. The van der Waals surface area contributed by atoms with Crippen LogP contribution in [0.2, 0.25) is 0 Å². The van der Waals surface area contributed by atoms with E-state index in [9.17, 15) is 18.0 Å². The summed E-state index contributed by atoms with van der Waals surface area (Å²) in [5.74, 6) is 0. The monoisotopic (exact) mass is 475 g/mol. The van der Waals surface area contributed by atoms with E-state index in [1.807, 2.05) is 45.0 Å². The molecule has 1 aromatic heterocycles. The van der Waals surface area contributed by atoms with Crippen LogP contribution in [0.15, 0.2) is 42.6 Å². The first-order valence-electron chi connectivity index (χ1n) is 11.8. The summed E-state index contributed by atoms with van der Waals surface area (Å²) in [6.45, 7) is 6.28. The van der Waals surface area contributed by atoms with E-state index in [0.29, 0.717) is 5.69 Å². The van der Waals surface area contributed by atoms with Crippen molar-refractivity contribution in [2.24, 2.45) is 5.41 Å². The highest BCUT2D eigenvalue weighted by Gasteiger charge is 2.50. The Morgan fingerprint density at radius 2 is 1.65 bits per heavy atom. The Hall–Kier alpha value is -2.77. The number of fused-ring (bicyclic) bond motifs is 3. The van der Waals surface area contributed by atoms with Crippen molar-refractivity contribution in [1.82, 2.24) is 4.98 Å². The summed E-state index contributed by atoms with van der Waals surface area (Å²) >= 11 is 0. The number of rotatable bonds is 5. The molecule has 0 aliphatic heterocycles. The standard InChI is InChI=1S/C26H32F3N3O2/c1-23(2,3)34-22(33)32-20-6-4-5-19(15-20)31-17-24-9-12-25(13-10-24,14-11-24)21-8-7-18(16-30-21)26(27,28)29/h4-8,15-16,31H,9-14,17H2,1-3H3,(H,32,33). The van der Waals surface area contributed by atoms with E-state index in [0.717, 1.165) is 68.7 Å². The van der Waals surface area contributed by atoms with Gasteiger partial charge in [-0.1, -0.05) is 6.07 Å². The van der Waals surface area contributed by atoms with Crippen LogP contribution in [0.3, 0.4) is 0 Å². The number of halogens is 3. The van der Waals surface area contributed by atoms with Crippen LogP contribution in [-0.2, 0) is 16.3 Å². The van der Waals surface area contributed by atoms with Crippen molar-refractivity contribution in [2.75, 3.05) is 17.2 Å². The van der Waals surface area contributed by atoms with E-state index in [2.05, 4.69) is 15.6 Å². The Morgan fingerprint density at radius 3 is 2.21 bits per heavy atom. The first-order chi connectivity index (χ1) is 15.9. The SMILES string of the molecule is CC(C)(C)OC(=O)Nc1cccc(NCC23CCC(c4ccc(C(F)(F)F)cn4)(CC2)CC3)c1. The molecule has 1 aromatic carbocycles. The number of anilines is 2. The minimum atomic E-state index is -4.36. The molecule has 34 heavy (non-hydrogen) atoms. The zero-order chi connectivity index (χ0) is 24.6. The van der Waals surface area contributed by atoms with E-state index < -0.39 is 23.4 Å². The van der Waals surface area contributed by atoms with E-state index in [1.54, 1.807) is 6.07 Å². The number of ether oxygens (including phenoxy) is 1. The van der Waals surface area contributed by atoms with Crippen molar-refractivity contribution >= 4 is 17.5 Å². The summed E-state index contributed by atoms with van der Waals surface area (Å²) in [6, 6.07) is 10.3. The minimum absolute atomic E-state index is 0.108. The molecule has 3 saturated carbocycles. The van der Waals surface area contributed by atoms with Crippen LogP contribution in [-0.4, -0.2) is 23.2 Å². The number of benzene rings is 1. The summed E-state index contributed by atoms with van der Waals surface area (Å²) in [4.78, 5) is 16.3. The molecule has 0 atom stereocenters. The van der Waals surface area contributed by atoms with Gasteiger partial charge in [0.05, 0.1) is 5.56 Å². The number of carbonyl (C=O) groups is 1. The van der Waals surface area contributed by atoms with Crippen molar-refractivity contribution in [1.29, 1.82) is 0 Å². The summed E-state index contributed by atoms with van der Waals surface area (Å²) in [5, 5.41) is 6.30. The van der Waals surface area contributed by atoms with Gasteiger partial charge >= 0.3 is 12.3 Å². The van der Waals surface area contributed by atoms with E-state index >= 15 is 0 Å². The maximum absolute atomic E-state index is 12.9. The lowest BCUT2D eigenvalue weighted by Crippen LogP contribution is -2.47. The second-order valence-corrected chi connectivity index (χ2v) is 10.8. The average molecular weight is 476 g/mol. The average Bonchev–Trinajstić information content (AvgIpc) is 2.77. The predicted molar refractivity (Wildman–Crippen MR) is 126 cm³/mol. The fraction of sp³-hybridized carbons (Fsp3) is 0.538. The molecular formula is C26H32F3N3O2. The second-order valence-electron chi connectivity index (χ2n) is 10.8. The van der Waals surface area contributed by atoms with Gasteiger partial charge in [-0.05, 0) is 95.0 Å². The lowest BCUT2D eigenvalue weighted by molar-refractivity contribution is -0.137. The van der Waals surface area contributed by atoms with Gasteiger partial charge in [0.15, 0.2) is 0 Å². The van der Waals surface area contributed by atoms with Crippen LogP contribution in [0.5, 0.6) is 0 Å². The molecular weight excluding hydrogens is 443 g/mol. The van der Waals surface area contributed by atoms with Crippen LogP contribution in [0.25, 0.3) is 0 Å². The molecule has 3 aliphatic rings. The molecule has 1 amide bonds. The van der Waals surface area contributed by atoms with Crippen LogP contribution in [0, 0.1) is 5.41 Å². The van der Waals surface area contributed by atoms with E-state index in [1.165, 1.54) is 0 Å². The summed E-state index contributed by atoms with van der Waals surface area (Å²) < 4.78 is 44.0. The molecule has 0 unspecified atom stereocenters. The molecule has 2 aromatic rings. The lowest BCUT2D eigenvalue weighted by Gasteiger charge is -2.53. The van der Waals surface area contributed by atoms with Gasteiger partial charge in [-0.25, -0.2) is 4.79 Å². The van der Waals surface area contributed by atoms with Gasteiger partial charge in [-0.2, -0.15) is 13.2 Å². The number of aromatic nitrogens is 1. The van der Waals surface area contributed by atoms with Crippen molar-refractivity contribution < 1.29 is 22.7 Å². The zero-order valence-electron chi connectivity index (χ0n) is 19.9. The van der Waals surface area contributed by atoms with Crippen LogP contribution < -0.4 is 10.6 Å². The number of nitrogens with zero attached hydrogens (tertiary/aromatic N) is 1. The summed E-state index contributed by atoms with van der Waals surface area (Å²) in [7, 11) is 0. The highest BCUT2D eigenvalue weighted by atomic mass is 19.4. The topological polar surface area (TPSA) is 63.2 Å². The molecule has 3 fully saturated rings. The van der Waals surface area contributed by atoms with Crippen molar-refractivity contribution in [3.05, 3.63) is 53.9 Å². The number of alkyl halides is 3. The normalized spacial score (nSPS) is 24.5. The number of carbonyl (C=O) groups excluding carboxylic acids is 1. The maximum Gasteiger partial charge on any atom is 0.417 e. The predicted octanol–water partition coefficient (Wildman–Crippen LogP) is 7.15. The molecule has 1 heterocycles. The van der Waals surface area contributed by atoms with Crippen molar-refractivity contribution in [3.63, 3.8) is 0 Å². The Labute approximate surface area is 198 Å². The second kappa shape index (κ2) is 8.78. The molecule has 2 bridgehead atoms. The highest BCUT2D eigenvalue weighted by molar-refractivity contribution is 5.85. The van der Waals surface area contributed by atoms with Crippen molar-refractivity contribution in [2.45, 2.75) is 76.5 Å². The van der Waals surface area contributed by atoms with E-state index in [-0.39, 0.29) is 10.8 Å². The molecule has 0 radical (unpaired) electrons. The van der Waals surface area contributed by atoms with E-state index in [4.69, 9.17) is 4.74 Å². The number of hydrogen-bond acceptors (Lipinski definition) is 4. The van der Waals surface area contributed by atoms with Gasteiger partial charge in [0.1, 0.15) is 5.60 Å². The third-order valence-corrected chi connectivity index (χ3v) is 7.21.